The Bertz CT molecular complexity index is 102. The summed E-state index contributed by atoms with van der Waals surface area (Å²) in [5, 5.41) is 8.66. The highest BCUT2D eigenvalue weighted by atomic mass is 35.5. The van der Waals surface area contributed by atoms with Crippen LogP contribution in [0.25, 0.3) is 0 Å². The van der Waals surface area contributed by atoms with Gasteiger partial charge in [0.1, 0.15) is 0 Å². The molecule has 0 aromatic rings. The van der Waals surface area contributed by atoms with Crippen LogP contribution in [0.15, 0.2) is 0 Å². The maximum absolute atomic E-state index is 8.66. The first-order valence-corrected chi connectivity index (χ1v) is 3.49. The topological polar surface area (TPSA) is 23.5 Å². The number of halogens is 1. The van der Waals surface area contributed by atoms with Gasteiger partial charge in [0.05, 0.1) is 0 Å². The van der Waals surface area contributed by atoms with Crippen LogP contribution in [-0.4, -0.2) is 36.2 Å². The summed E-state index contributed by atoms with van der Waals surface area (Å²) in [7, 11) is 4.17. The Morgan fingerprint density at radius 1 is 1.40 bits per heavy atom. The lowest BCUT2D eigenvalue weighted by atomic mass is 10.2. The molecule has 3 heteroatoms. The summed E-state index contributed by atoms with van der Waals surface area (Å²) in [6.07, 6.45) is 3.47. The van der Waals surface area contributed by atoms with Gasteiger partial charge < -0.3 is 10.0 Å². The first-order chi connectivity index (χ1) is 4.21. The average molecular weight is 166 g/mol. The lowest BCUT2D eigenvalue weighted by Crippen LogP contribution is -2.30. The van der Waals surface area contributed by atoms with Gasteiger partial charge in [-0.15, -0.1) is 12.4 Å². The molecule has 0 unspecified atom stereocenters. The smallest absolute Gasteiger partial charge is 0.0448 e. The van der Waals surface area contributed by atoms with E-state index in [0.29, 0.717) is 12.1 Å². The van der Waals surface area contributed by atoms with Gasteiger partial charge in [0.15, 0.2) is 0 Å². The summed E-state index contributed by atoms with van der Waals surface area (Å²) in [5.41, 5.74) is 0.384. The summed E-state index contributed by atoms with van der Waals surface area (Å²) >= 11 is 0. The number of nitrogens with zero attached hydrogens (tertiary/aromatic N) is 1. The molecule has 0 bridgehead atoms. The quantitative estimate of drug-likeness (QED) is 0.672. The third-order valence-electron chi connectivity index (χ3n) is 2.35. The third kappa shape index (κ3) is 1.84. The van der Waals surface area contributed by atoms with Crippen LogP contribution >= 0.6 is 12.4 Å². The Balaban J connectivity index is 0.000000810. The number of hydrogen-bond acceptors (Lipinski definition) is 2. The highest BCUT2D eigenvalue weighted by molar-refractivity contribution is 5.85. The minimum absolute atomic E-state index is 0. The Labute approximate surface area is 68.6 Å². The molecule has 0 aromatic carbocycles. The van der Waals surface area contributed by atoms with Gasteiger partial charge in [0.25, 0.3) is 0 Å². The van der Waals surface area contributed by atoms with E-state index in [9.17, 15) is 0 Å². The van der Waals surface area contributed by atoms with E-state index in [1.807, 2.05) is 0 Å². The van der Waals surface area contributed by atoms with Gasteiger partial charge in [0, 0.05) is 12.1 Å². The summed E-state index contributed by atoms with van der Waals surface area (Å²) in [5.74, 6) is 0. The Morgan fingerprint density at radius 2 is 1.90 bits per heavy atom. The maximum atomic E-state index is 8.66. The van der Waals surface area contributed by atoms with Crippen LogP contribution in [0.4, 0.5) is 0 Å². The van der Waals surface area contributed by atoms with Crippen molar-refractivity contribution in [2.45, 2.75) is 24.8 Å². The highest BCUT2D eigenvalue weighted by Crippen LogP contribution is 2.42. The fourth-order valence-corrected chi connectivity index (χ4v) is 1.27. The van der Waals surface area contributed by atoms with Gasteiger partial charge in [-0.1, -0.05) is 0 Å². The molecule has 0 heterocycles. The molecular weight excluding hydrogens is 150 g/mol. The van der Waals surface area contributed by atoms with Crippen molar-refractivity contribution in [1.82, 2.24) is 4.90 Å². The molecule has 0 saturated heterocycles. The van der Waals surface area contributed by atoms with E-state index in [4.69, 9.17) is 5.11 Å². The first-order valence-electron chi connectivity index (χ1n) is 3.49. The van der Waals surface area contributed by atoms with E-state index < -0.39 is 0 Å². The minimum atomic E-state index is 0. The molecule has 10 heavy (non-hydrogen) atoms. The van der Waals surface area contributed by atoms with Crippen molar-refractivity contribution in [2.75, 3.05) is 20.7 Å². The predicted octanol–water partition coefficient (Wildman–Crippen LogP) is 0.885. The third-order valence-corrected chi connectivity index (χ3v) is 2.35. The standard InChI is InChI=1S/C7H15NO.ClH/c1-8(2)7(3-4-7)5-6-9;/h9H,3-6H2,1-2H3;1H. The van der Waals surface area contributed by atoms with Crippen molar-refractivity contribution >= 4 is 12.4 Å². The lowest BCUT2D eigenvalue weighted by Gasteiger charge is -2.22. The largest absolute Gasteiger partial charge is 0.396 e. The van der Waals surface area contributed by atoms with Gasteiger partial charge in [-0.3, -0.25) is 0 Å². The minimum Gasteiger partial charge on any atom is -0.396 e. The number of rotatable bonds is 3. The zero-order valence-electron chi connectivity index (χ0n) is 6.63. The van der Waals surface area contributed by atoms with E-state index in [1.54, 1.807) is 0 Å². The van der Waals surface area contributed by atoms with E-state index in [2.05, 4.69) is 19.0 Å². The molecule has 1 aliphatic rings. The molecule has 0 radical (unpaired) electrons. The average Bonchev–Trinajstić information content (AvgIpc) is 2.49. The van der Waals surface area contributed by atoms with Gasteiger partial charge in [-0.05, 0) is 33.4 Å². The molecule has 1 fully saturated rings. The fraction of sp³-hybridized carbons (Fsp3) is 1.00. The van der Waals surface area contributed by atoms with Gasteiger partial charge in [-0.2, -0.15) is 0 Å². The van der Waals surface area contributed by atoms with Crippen molar-refractivity contribution in [3.63, 3.8) is 0 Å². The number of hydrogen-bond donors (Lipinski definition) is 1. The SMILES string of the molecule is CN(C)C1(CCO)CC1.Cl. The second kappa shape index (κ2) is 3.56. The van der Waals surface area contributed by atoms with Crippen molar-refractivity contribution in [3.8, 4) is 0 Å². The zero-order valence-corrected chi connectivity index (χ0v) is 7.45. The molecule has 1 aliphatic carbocycles. The normalized spacial score (nSPS) is 20.4. The molecule has 0 atom stereocenters. The van der Waals surface area contributed by atoms with Crippen LogP contribution in [0.1, 0.15) is 19.3 Å². The number of aliphatic hydroxyl groups is 1. The Hall–Kier alpha value is 0.210. The van der Waals surface area contributed by atoms with Crippen LogP contribution in [-0.2, 0) is 0 Å². The van der Waals surface area contributed by atoms with E-state index in [-0.39, 0.29) is 12.4 Å². The molecule has 1 saturated carbocycles. The highest BCUT2D eigenvalue weighted by Gasteiger charge is 2.43. The van der Waals surface area contributed by atoms with Crippen LogP contribution in [0, 0.1) is 0 Å². The maximum Gasteiger partial charge on any atom is 0.0448 e. The second-order valence-electron chi connectivity index (χ2n) is 3.09. The Morgan fingerprint density at radius 3 is 2.00 bits per heavy atom. The number of aliphatic hydroxyl groups excluding tert-OH is 1. The van der Waals surface area contributed by atoms with Crippen LogP contribution < -0.4 is 0 Å². The van der Waals surface area contributed by atoms with E-state index in [1.165, 1.54) is 12.8 Å². The summed E-state index contributed by atoms with van der Waals surface area (Å²) in [4.78, 5) is 2.23. The lowest BCUT2D eigenvalue weighted by molar-refractivity contribution is 0.194. The molecule has 2 nitrogen and oxygen atoms in total. The summed E-state index contributed by atoms with van der Waals surface area (Å²) < 4.78 is 0. The van der Waals surface area contributed by atoms with Crippen molar-refractivity contribution < 1.29 is 5.11 Å². The molecule has 0 amide bonds. The van der Waals surface area contributed by atoms with Crippen molar-refractivity contribution in [3.05, 3.63) is 0 Å². The van der Waals surface area contributed by atoms with Crippen LogP contribution in [0.2, 0.25) is 0 Å². The molecule has 0 spiro atoms. The van der Waals surface area contributed by atoms with Gasteiger partial charge in [0.2, 0.25) is 0 Å². The molecule has 1 rings (SSSR count). The zero-order chi connectivity index (χ0) is 6.91. The first kappa shape index (κ1) is 10.2. The van der Waals surface area contributed by atoms with Crippen molar-refractivity contribution in [2.24, 2.45) is 0 Å². The molecule has 1 N–H and O–H groups in total. The molecule has 62 valence electrons. The van der Waals surface area contributed by atoms with Crippen LogP contribution in [0.5, 0.6) is 0 Å². The predicted molar refractivity (Wildman–Crippen MR) is 44.6 cm³/mol. The summed E-state index contributed by atoms with van der Waals surface area (Å²) in [6.45, 7) is 0.332. The van der Waals surface area contributed by atoms with Crippen molar-refractivity contribution in [1.29, 1.82) is 0 Å². The van der Waals surface area contributed by atoms with E-state index >= 15 is 0 Å². The van der Waals surface area contributed by atoms with Gasteiger partial charge in [-0.25, -0.2) is 0 Å². The second-order valence-corrected chi connectivity index (χ2v) is 3.09. The fourth-order valence-electron chi connectivity index (χ4n) is 1.27. The van der Waals surface area contributed by atoms with Crippen LogP contribution in [0.3, 0.4) is 0 Å². The molecule has 0 aromatic heterocycles. The van der Waals surface area contributed by atoms with Gasteiger partial charge >= 0.3 is 0 Å². The molecular formula is C7H16ClNO. The van der Waals surface area contributed by atoms with E-state index in [0.717, 1.165) is 6.42 Å². The molecule has 0 aliphatic heterocycles. The Kier molecular flexibility index (Phi) is 3.63. The monoisotopic (exact) mass is 165 g/mol. The summed E-state index contributed by atoms with van der Waals surface area (Å²) in [6, 6.07) is 0.